The molecular formula is C110H104S8+4. The first-order valence-corrected chi connectivity index (χ1v) is 48.2. The molecule has 16 aromatic rings. The molecule has 16 rings (SSSR count). The lowest BCUT2D eigenvalue weighted by Gasteiger charge is -2.19. The summed E-state index contributed by atoms with van der Waals surface area (Å²) in [4.78, 5) is 26.4. The first-order chi connectivity index (χ1) is 57.2. The average molecular weight is 1680 g/mol. The Labute approximate surface area is 732 Å². The molecule has 2 atom stereocenters. The van der Waals surface area contributed by atoms with E-state index in [1.165, 1.54) is 142 Å². The summed E-state index contributed by atoms with van der Waals surface area (Å²) in [7, 11) is -0.424. The van der Waals surface area contributed by atoms with Crippen molar-refractivity contribution in [1.82, 2.24) is 0 Å². The van der Waals surface area contributed by atoms with Crippen molar-refractivity contribution in [3.05, 3.63) is 457 Å². The number of rotatable bonds is 20. The van der Waals surface area contributed by atoms with E-state index in [-0.39, 0.29) is 54.4 Å². The van der Waals surface area contributed by atoms with E-state index in [4.69, 9.17) is 0 Å². The third kappa shape index (κ3) is 24.7. The van der Waals surface area contributed by atoms with Crippen LogP contribution < -0.4 is 0 Å². The van der Waals surface area contributed by atoms with Crippen LogP contribution in [-0.2, 0) is 54.4 Å². The topological polar surface area (TPSA) is 0 Å². The number of hydrogen-bond acceptors (Lipinski definition) is 4. The molecule has 118 heavy (non-hydrogen) atoms. The van der Waals surface area contributed by atoms with Gasteiger partial charge < -0.3 is 0 Å². The molecule has 0 saturated carbocycles. The van der Waals surface area contributed by atoms with Crippen LogP contribution in [0.15, 0.2) is 510 Å². The third-order valence-electron chi connectivity index (χ3n) is 19.6. The SMILES string of the molecule is CC(C)(C)c1ccc([S+](c2ccccc2)c2ccc(Sc3ccccc3)cc2)cc1.Cc1ccc(Sc2ccc([S+](c3ccc(C)cc3)c3ccc(C)cc3)cc2)cc1.Cc1ccc(Sc2ccc([S+](c3ccccc3)c3ccc(C(C)(C)C)cc3)cc2)cc1.Cc1ccc([S+](c2ccc(C)cc2)c2ccc(Sc3ccccc3)cc2)cc1. The van der Waals surface area contributed by atoms with Crippen LogP contribution in [-0.4, -0.2) is 0 Å². The second kappa shape index (κ2) is 41.8. The maximum absolute atomic E-state index is 2.31. The first-order valence-electron chi connectivity index (χ1n) is 40.1. The summed E-state index contributed by atoms with van der Waals surface area (Å²) in [6, 6.07) is 151. The van der Waals surface area contributed by atoms with Gasteiger partial charge in [0.05, 0.1) is 43.6 Å². The molecule has 0 spiro atoms. The van der Waals surface area contributed by atoms with Crippen molar-refractivity contribution in [3.63, 3.8) is 0 Å². The van der Waals surface area contributed by atoms with Gasteiger partial charge in [-0.25, -0.2) is 0 Å². The highest BCUT2D eigenvalue weighted by Crippen LogP contribution is 2.41. The monoisotopic (exact) mass is 1680 g/mol. The van der Waals surface area contributed by atoms with Gasteiger partial charge in [-0.05, 0) is 306 Å². The summed E-state index contributed by atoms with van der Waals surface area (Å²) in [5, 5.41) is 0. The van der Waals surface area contributed by atoms with Gasteiger partial charge in [0.25, 0.3) is 0 Å². The molecule has 0 aliphatic heterocycles. The van der Waals surface area contributed by atoms with Crippen molar-refractivity contribution >= 4 is 90.6 Å². The quantitative estimate of drug-likeness (QED) is 0.0697. The first kappa shape index (κ1) is 86.2. The van der Waals surface area contributed by atoms with Crippen LogP contribution in [0.3, 0.4) is 0 Å². The largest absolute Gasteiger partial charge is 0.166 e. The molecule has 588 valence electrons. The van der Waals surface area contributed by atoms with Crippen LogP contribution in [0.2, 0.25) is 0 Å². The van der Waals surface area contributed by atoms with E-state index in [2.05, 4.69) is 496 Å². The van der Waals surface area contributed by atoms with E-state index in [0.29, 0.717) is 0 Å². The fourth-order valence-electron chi connectivity index (χ4n) is 12.9. The van der Waals surface area contributed by atoms with Crippen molar-refractivity contribution in [2.45, 2.75) is 192 Å². The Balaban J connectivity index is 0.000000136. The van der Waals surface area contributed by atoms with Crippen LogP contribution in [0, 0.1) is 41.5 Å². The highest BCUT2D eigenvalue weighted by Gasteiger charge is 2.33. The van der Waals surface area contributed by atoms with Crippen molar-refractivity contribution in [2.24, 2.45) is 0 Å². The Morgan fingerprint density at radius 2 is 0.271 bits per heavy atom. The van der Waals surface area contributed by atoms with Gasteiger partial charge in [0.15, 0.2) is 58.7 Å². The summed E-state index contributed by atoms with van der Waals surface area (Å²) in [5.41, 5.74) is 10.9. The van der Waals surface area contributed by atoms with Crippen molar-refractivity contribution in [1.29, 1.82) is 0 Å². The molecule has 0 nitrogen and oxygen atoms in total. The van der Waals surface area contributed by atoms with Gasteiger partial charge in [0.2, 0.25) is 0 Å². The van der Waals surface area contributed by atoms with Gasteiger partial charge >= 0.3 is 0 Å². The van der Waals surface area contributed by atoms with Gasteiger partial charge in [-0.3, -0.25) is 0 Å². The predicted molar refractivity (Wildman–Crippen MR) is 514 cm³/mol. The zero-order valence-electron chi connectivity index (χ0n) is 69.5. The average Bonchev–Trinajstić information content (AvgIpc) is 1.14. The smallest absolute Gasteiger partial charge is 0.0901 e. The Kier molecular flexibility index (Phi) is 30.5. The lowest BCUT2D eigenvalue weighted by molar-refractivity contribution is 0.589. The van der Waals surface area contributed by atoms with Gasteiger partial charge in [-0.15, -0.1) is 0 Å². The molecule has 0 radical (unpaired) electrons. The van der Waals surface area contributed by atoms with E-state index < -0.39 is 0 Å². The standard InChI is InChI=1S/C29H29S2.C28H27S2.C27H25S2.C26H23S2/c1-22-10-14-24(15-11-22)30-25-16-20-28(21-17-25)31(26-8-6-5-7-9-26)27-18-12-23(13-19-27)29(2,3)4;1-28(2,3)22-14-18-26(19-15-22)30(25-12-8-5-9-13-25)27-20-16-24(17-21-27)29-23-10-6-4-7-11-23;1-20-4-10-23(11-5-20)28-24-12-18-27(19-13-24)29(25-14-6-21(2)7-15-25)26-16-8-22(3)9-17-26;1-20-8-14-24(15-9-20)28(25-16-10-21(2)11-17-25)26-18-12-23(13-19-26)27-22-6-4-3-5-7-22/h5-21H,1-4H3;4-21H,1-3H3;4-19H,1-3H3;3-19H,1-2H3/q4*+1. The normalized spacial score (nSPS) is 11.8. The number of benzene rings is 16. The molecule has 0 amide bonds. The number of aryl methyl sites for hydroxylation is 6. The van der Waals surface area contributed by atoms with Crippen molar-refractivity contribution < 1.29 is 0 Å². The van der Waals surface area contributed by atoms with Crippen LogP contribution in [0.25, 0.3) is 0 Å². The highest BCUT2D eigenvalue weighted by molar-refractivity contribution is 8.00. The second-order valence-electron chi connectivity index (χ2n) is 31.2. The van der Waals surface area contributed by atoms with Crippen LogP contribution in [0.4, 0.5) is 0 Å². The van der Waals surface area contributed by atoms with Crippen LogP contribution in [0.5, 0.6) is 0 Å². The van der Waals surface area contributed by atoms with Gasteiger partial charge in [0.1, 0.15) is 0 Å². The minimum Gasteiger partial charge on any atom is -0.0901 e. The minimum atomic E-state index is -0.117. The number of hydrogen-bond donors (Lipinski definition) is 0. The maximum Gasteiger partial charge on any atom is 0.166 e. The van der Waals surface area contributed by atoms with E-state index in [1.807, 2.05) is 35.3 Å². The molecule has 0 aromatic heterocycles. The van der Waals surface area contributed by atoms with Gasteiger partial charge in [0, 0.05) is 39.2 Å². The second-order valence-corrected chi connectivity index (χ2v) is 43.9. The molecule has 0 saturated heterocycles. The molecule has 16 aromatic carbocycles. The lowest BCUT2D eigenvalue weighted by Crippen LogP contribution is -2.11. The third-order valence-corrected chi connectivity index (χ3v) is 32.6. The van der Waals surface area contributed by atoms with Gasteiger partial charge in [-0.2, -0.15) is 0 Å². The summed E-state index contributed by atoms with van der Waals surface area (Å²) in [5.74, 6) is 0. The van der Waals surface area contributed by atoms with E-state index in [0.717, 1.165) is 0 Å². The molecule has 0 N–H and O–H groups in total. The summed E-state index contributed by atoms with van der Waals surface area (Å²) in [6.45, 7) is 26.4. The van der Waals surface area contributed by atoms with E-state index >= 15 is 0 Å². The minimum absolute atomic E-state index is 0.0952. The Morgan fingerprint density at radius 1 is 0.144 bits per heavy atom. The summed E-state index contributed by atoms with van der Waals surface area (Å²) in [6.07, 6.45) is 0. The molecular weight excluding hydrogens is 1580 g/mol. The summed E-state index contributed by atoms with van der Waals surface area (Å²) >= 11 is 7.25. The maximum atomic E-state index is 2.31. The zero-order chi connectivity index (χ0) is 82.4. The fourth-order valence-corrected chi connectivity index (χ4v) is 24.4. The van der Waals surface area contributed by atoms with Crippen LogP contribution >= 0.6 is 47.0 Å². The lowest BCUT2D eigenvalue weighted by atomic mass is 9.87. The summed E-state index contributed by atoms with van der Waals surface area (Å²) < 4.78 is 0. The molecule has 2 unspecified atom stereocenters. The molecule has 8 heteroatoms. The van der Waals surface area contributed by atoms with E-state index in [9.17, 15) is 0 Å². The molecule has 0 fully saturated rings. The highest BCUT2D eigenvalue weighted by atomic mass is 32.2. The Morgan fingerprint density at radius 3 is 0.449 bits per heavy atom. The van der Waals surface area contributed by atoms with Crippen LogP contribution in [0.1, 0.15) is 86.1 Å². The van der Waals surface area contributed by atoms with Crippen molar-refractivity contribution in [3.8, 4) is 0 Å². The van der Waals surface area contributed by atoms with Crippen molar-refractivity contribution in [2.75, 3.05) is 0 Å². The Hall–Kier alpha value is -9.68. The molecule has 0 aliphatic rings. The fraction of sp³-hybridized carbons (Fsp3) is 0.127. The molecule has 0 bridgehead atoms. The molecule has 0 heterocycles. The van der Waals surface area contributed by atoms with Gasteiger partial charge in [-0.1, -0.05) is 292 Å². The van der Waals surface area contributed by atoms with E-state index in [1.54, 1.807) is 11.8 Å². The zero-order valence-corrected chi connectivity index (χ0v) is 76.1. The Bertz CT molecular complexity index is 5610. The molecule has 0 aliphatic carbocycles. The predicted octanol–water partition coefficient (Wildman–Crippen LogP) is 32.2.